The van der Waals surface area contributed by atoms with E-state index in [1.165, 1.54) is 11.3 Å². The lowest BCUT2D eigenvalue weighted by molar-refractivity contribution is 0.296. The van der Waals surface area contributed by atoms with E-state index in [1.54, 1.807) is 31.0 Å². The van der Waals surface area contributed by atoms with Crippen LogP contribution in [0.5, 0.6) is 22.4 Å². The zero-order valence-electron chi connectivity index (χ0n) is 20.5. The van der Waals surface area contributed by atoms with Gasteiger partial charge in [0.2, 0.25) is 4.96 Å². The van der Waals surface area contributed by atoms with Gasteiger partial charge in [-0.15, -0.1) is 5.10 Å². The van der Waals surface area contributed by atoms with Gasteiger partial charge in [-0.1, -0.05) is 41.9 Å². The molecule has 6 rings (SSSR count). The molecule has 0 atom stereocenters. The van der Waals surface area contributed by atoms with Crippen LogP contribution >= 0.6 is 22.9 Å². The van der Waals surface area contributed by atoms with Gasteiger partial charge in [-0.05, 0) is 46.7 Å². The van der Waals surface area contributed by atoms with Crippen molar-refractivity contribution < 1.29 is 23.4 Å². The summed E-state index contributed by atoms with van der Waals surface area (Å²) in [6, 6.07) is 21.1. The lowest BCUT2D eigenvalue weighted by Crippen LogP contribution is -1.99. The monoisotopic (exact) mass is 547 g/mol. The molecule has 0 amide bonds. The first-order valence-corrected chi connectivity index (χ1v) is 12.9. The first-order valence-electron chi connectivity index (χ1n) is 11.7. The van der Waals surface area contributed by atoms with E-state index in [2.05, 4.69) is 10.1 Å². The van der Waals surface area contributed by atoms with E-state index in [4.69, 9.17) is 35.0 Å². The molecule has 0 unspecified atom stereocenters. The number of methoxy groups -OCH3 is 2. The van der Waals surface area contributed by atoms with E-state index in [0.29, 0.717) is 56.1 Å². The molecule has 0 radical (unpaired) electrons. The average molecular weight is 548 g/mol. The van der Waals surface area contributed by atoms with Gasteiger partial charge in [-0.2, -0.15) is 0 Å². The topological polar surface area (TPSA) is 80.2 Å². The highest BCUT2D eigenvalue weighted by Crippen LogP contribution is 2.38. The quantitative estimate of drug-likeness (QED) is 0.192. The number of imidazole rings is 1. The number of furan rings is 1. The van der Waals surface area contributed by atoms with Crippen LogP contribution in [0.1, 0.15) is 11.1 Å². The van der Waals surface area contributed by atoms with Crippen LogP contribution in [0, 0.1) is 0 Å². The lowest BCUT2D eigenvalue weighted by Gasteiger charge is -2.12. The molecule has 8 nitrogen and oxygen atoms in total. The number of halogens is 1. The molecule has 6 aromatic rings. The molecule has 0 fully saturated rings. The lowest BCUT2D eigenvalue weighted by atomic mass is 10.2. The van der Waals surface area contributed by atoms with E-state index < -0.39 is 0 Å². The third kappa shape index (κ3) is 4.98. The van der Waals surface area contributed by atoms with Crippen molar-refractivity contribution in [1.82, 2.24) is 14.6 Å². The zero-order chi connectivity index (χ0) is 26.1. The highest BCUT2D eigenvalue weighted by Gasteiger charge is 2.17. The summed E-state index contributed by atoms with van der Waals surface area (Å²) in [6.07, 6.45) is 1.80. The summed E-state index contributed by atoms with van der Waals surface area (Å²) in [7, 11) is 3.18. The van der Waals surface area contributed by atoms with Crippen molar-refractivity contribution in [1.29, 1.82) is 0 Å². The molecule has 3 aromatic carbocycles. The minimum atomic E-state index is 0.273. The number of ether oxygens (including phenoxy) is 4. The van der Waals surface area contributed by atoms with E-state index in [9.17, 15) is 0 Å². The Balaban J connectivity index is 1.25. The molecule has 0 aliphatic rings. The van der Waals surface area contributed by atoms with Crippen LogP contribution in [0.25, 0.3) is 27.4 Å². The van der Waals surface area contributed by atoms with Crippen molar-refractivity contribution in [3.63, 3.8) is 0 Å². The number of hydrogen-bond acceptors (Lipinski definition) is 8. The van der Waals surface area contributed by atoms with Gasteiger partial charge < -0.3 is 23.4 Å². The fourth-order valence-corrected chi connectivity index (χ4v) is 4.97. The maximum Gasteiger partial charge on any atom is 0.294 e. The van der Waals surface area contributed by atoms with Crippen LogP contribution in [0.15, 0.2) is 77.3 Å². The zero-order valence-corrected chi connectivity index (χ0v) is 22.1. The predicted octanol–water partition coefficient (Wildman–Crippen LogP) is 7.03. The van der Waals surface area contributed by atoms with Gasteiger partial charge in [0.05, 0.1) is 25.8 Å². The summed E-state index contributed by atoms with van der Waals surface area (Å²) in [4.78, 5) is 5.32. The van der Waals surface area contributed by atoms with Gasteiger partial charge in [-0.3, -0.25) is 0 Å². The largest absolute Gasteiger partial charge is 0.496 e. The number of fused-ring (bicyclic) bond motifs is 2. The average Bonchev–Trinajstić information content (AvgIpc) is 3.64. The Kier molecular flexibility index (Phi) is 6.53. The molecule has 0 aliphatic heterocycles. The van der Waals surface area contributed by atoms with Gasteiger partial charge in [0.1, 0.15) is 41.7 Å². The van der Waals surface area contributed by atoms with Crippen molar-refractivity contribution >= 4 is 38.9 Å². The maximum absolute atomic E-state index is 6.38. The third-order valence-electron chi connectivity index (χ3n) is 5.83. The fourth-order valence-electron chi connectivity index (χ4n) is 4.02. The number of nitrogens with zero attached hydrogens (tertiary/aromatic N) is 3. The second-order valence-corrected chi connectivity index (χ2v) is 9.79. The van der Waals surface area contributed by atoms with Crippen LogP contribution in [0.2, 0.25) is 5.02 Å². The summed E-state index contributed by atoms with van der Waals surface area (Å²) in [5.74, 6) is 2.49. The Morgan fingerprint density at radius 2 is 1.74 bits per heavy atom. The highest BCUT2D eigenvalue weighted by atomic mass is 35.5. The second kappa shape index (κ2) is 10.3. The van der Waals surface area contributed by atoms with Gasteiger partial charge in [0, 0.05) is 17.2 Å². The number of hydrogen-bond donors (Lipinski definition) is 0. The van der Waals surface area contributed by atoms with E-state index in [1.807, 2.05) is 60.7 Å². The minimum absolute atomic E-state index is 0.273. The molecule has 3 heterocycles. The maximum atomic E-state index is 6.38. The first-order chi connectivity index (χ1) is 18.6. The highest BCUT2D eigenvalue weighted by molar-refractivity contribution is 7.18. The predicted molar refractivity (Wildman–Crippen MR) is 146 cm³/mol. The first kappa shape index (κ1) is 24.1. The van der Waals surface area contributed by atoms with Crippen molar-refractivity contribution in [3.8, 4) is 33.9 Å². The van der Waals surface area contributed by atoms with Crippen molar-refractivity contribution in [2.75, 3.05) is 14.2 Å². The van der Waals surface area contributed by atoms with Crippen molar-refractivity contribution in [3.05, 3.63) is 89.1 Å². The Morgan fingerprint density at radius 3 is 2.53 bits per heavy atom. The van der Waals surface area contributed by atoms with Crippen LogP contribution in [-0.4, -0.2) is 28.8 Å². The molecule has 0 aliphatic carbocycles. The summed E-state index contributed by atoms with van der Waals surface area (Å²) in [5.41, 5.74) is 3.22. The molecule has 0 saturated heterocycles. The normalized spacial score (nSPS) is 11.2. The number of benzene rings is 3. The van der Waals surface area contributed by atoms with E-state index in [-0.39, 0.29) is 6.61 Å². The van der Waals surface area contributed by atoms with Gasteiger partial charge in [0.25, 0.3) is 5.19 Å². The summed E-state index contributed by atoms with van der Waals surface area (Å²) in [5, 5.41) is 6.23. The van der Waals surface area contributed by atoms with Crippen LogP contribution in [0.3, 0.4) is 0 Å². The van der Waals surface area contributed by atoms with Crippen molar-refractivity contribution in [2.24, 2.45) is 0 Å². The number of rotatable bonds is 9. The molecular weight excluding hydrogens is 526 g/mol. The van der Waals surface area contributed by atoms with Gasteiger partial charge >= 0.3 is 0 Å². The summed E-state index contributed by atoms with van der Waals surface area (Å²) < 4.78 is 30.7. The third-order valence-corrected chi connectivity index (χ3v) is 6.94. The standard InChI is InChI=1S/C28H22ClN3O5S/c1-33-20-11-24(36-16-18-8-19(29)10-21(9-18)35-15-17-6-4-3-5-7-17)22-13-26(37-25(22)12-20)23-14-32-27(30-23)38-28(31-32)34-2/h3-14H,15-16H2,1-2H3. The molecule has 0 spiro atoms. The van der Waals surface area contributed by atoms with E-state index in [0.717, 1.165) is 16.5 Å². The molecule has 192 valence electrons. The van der Waals surface area contributed by atoms with E-state index >= 15 is 0 Å². The van der Waals surface area contributed by atoms with Gasteiger partial charge in [-0.25, -0.2) is 9.50 Å². The molecule has 0 bridgehead atoms. The fraction of sp³-hybridized carbons (Fsp3) is 0.143. The number of aromatic nitrogens is 3. The molecular formula is C28H22ClN3O5S. The SMILES string of the molecule is COc1cc(OCc2cc(Cl)cc(OCc3ccccc3)c2)c2cc(-c3cn4nc(OC)sc4n3)oc2c1. The minimum Gasteiger partial charge on any atom is -0.496 e. The summed E-state index contributed by atoms with van der Waals surface area (Å²) in [6.45, 7) is 0.721. The molecule has 10 heteroatoms. The Bertz CT molecular complexity index is 1700. The molecule has 0 saturated carbocycles. The molecule has 3 aromatic heterocycles. The second-order valence-electron chi connectivity index (χ2n) is 8.43. The van der Waals surface area contributed by atoms with Crippen LogP contribution in [-0.2, 0) is 13.2 Å². The van der Waals surface area contributed by atoms with Crippen LogP contribution in [0.4, 0.5) is 0 Å². The molecule has 38 heavy (non-hydrogen) atoms. The summed E-state index contributed by atoms with van der Waals surface area (Å²) >= 11 is 7.73. The Morgan fingerprint density at radius 1 is 0.895 bits per heavy atom. The van der Waals surface area contributed by atoms with Gasteiger partial charge in [0.15, 0.2) is 5.76 Å². The smallest absolute Gasteiger partial charge is 0.294 e. The molecule has 0 N–H and O–H groups in total. The van der Waals surface area contributed by atoms with Crippen molar-refractivity contribution in [2.45, 2.75) is 13.2 Å². The van der Waals surface area contributed by atoms with Crippen LogP contribution < -0.4 is 18.9 Å². The Labute approximate surface area is 226 Å². The Hall–Kier alpha value is -4.21.